The first-order valence-corrected chi connectivity index (χ1v) is 8.81. The summed E-state index contributed by atoms with van der Waals surface area (Å²) in [5, 5.41) is 3.21. The number of hydrogen-bond donors (Lipinski definition) is 1. The highest BCUT2D eigenvalue weighted by molar-refractivity contribution is 7.91. The van der Waals surface area contributed by atoms with Gasteiger partial charge >= 0.3 is 0 Å². The summed E-state index contributed by atoms with van der Waals surface area (Å²) in [4.78, 5) is 18.0. The normalized spacial score (nSPS) is 20.5. The van der Waals surface area contributed by atoms with Crippen molar-refractivity contribution < 1.29 is 13.2 Å². The van der Waals surface area contributed by atoms with Crippen molar-refractivity contribution in [3.8, 4) is 0 Å². The topological polar surface area (TPSA) is 79.4 Å². The Morgan fingerprint density at radius 2 is 2.19 bits per heavy atom. The Balaban J connectivity index is 2.12. The summed E-state index contributed by atoms with van der Waals surface area (Å²) in [6, 6.07) is 3.50. The van der Waals surface area contributed by atoms with E-state index in [1.807, 2.05) is 13.8 Å². The molecule has 0 bridgehead atoms. The van der Waals surface area contributed by atoms with Crippen LogP contribution in [0, 0.1) is 0 Å². The molecule has 1 amide bonds. The van der Waals surface area contributed by atoms with Gasteiger partial charge in [0.15, 0.2) is 9.84 Å². The quantitative estimate of drug-likeness (QED) is 0.902. The standard InChI is InChI=1S/C14H21N3O3S/c1-10(2)16-11-4-6-15-13(8-11)14(18)17(3)12-5-7-21(19,20)9-12/h4,6,8,10,12H,5,7,9H2,1-3H3,(H,15,16). The minimum atomic E-state index is -3.01. The van der Waals surface area contributed by atoms with E-state index in [1.165, 1.54) is 4.90 Å². The van der Waals surface area contributed by atoms with Crippen LogP contribution in [0.15, 0.2) is 18.3 Å². The fraction of sp³-hybridized carbons (Fsp3) is 0.571. The summed E-state index contributed by atoms with van der Waals surface area (Å²) in [6.45, 7) is 4.02. The molecule has 1 atom stereocenters. The van der Waals surface area contributed by atoms with Crippen LogP contribution in [0.4, 0.5) is 5.69 Å². The Labute approximate surface area is 125 Å². The van der Waals surface area contributed by atoms with Gasteiger partial charge in [-0.15, -0.1) is 0 Å². The molecule has 6 nitrogen and oxygen atoms in total. The second-order valence-electron chi connectivity index (χ2n) is 5.70. The summed E-state index contributed by atoms with van der Waals surface area (Å²) in [7, 11) is -1.37. The first kappa shape index (κ1) is 15.8. The predicted molar refractivity (Wildman–Crippen MR) is 82.1 cm³/mol. The Morgan fingerprint density at radius 1 is 1.48 bits per heavy atom. The lowest BCUT2D eigenvalue weighted by molar-refractivity contribution is 0.0742. The molecule has 2 heterocycles. The molecule has 1 unspecified atom stereocenters. The highest BCUT2D eigenvalue weighted by Gasteiger charge is 2.33. The molecule has 2 rings (SSSR count). The molecule has 21 heavy (non-hydrogen) atoms. The maximum atomic E-state index is 12.4. The Bertz CT molecular complexity index is 628. The van der Waals surface area contributed by atoms with Gasteiger partial charge in [-0.25, -0.2) is 8.42 Å². The zero-order valence-electron chi connectivity index (χ0n) is 12.5. The van der Waals surface area contributed by atoms with Crippen LogP contribution >= 0.6 is 0 Å². The third-order valence-electron chi connectivity index (χ3n) is 3.51. The van der Waals surface area contributed by atoms with E-state index in [4.69, 9.17) is 0 Å². The van der Waals surface area contributed by atoms with Crippen molar-refractivity contribution in [2.75, 3.05) is 23.9 Å². The fourth-order valence-corrected chi connectivity index (χ4v) is 4.17. The van der Waals surface area contributed by atoms with E-state index in [0.717, 1.165) is 5.69 Å². The highest BCUT2D eigenvalue weighted by atomic mass is 32.2. The lowest BCUT2D eigenvalue weighted by atomic mass is 10.2. The van der Waals surface area contributed by atoms with Crippen LogP contribution in [0.2, 0.25) is 0 Å². The average Bonchev–Trinajstić information content (AvgIpc) is 2.77. The number of pyridine rings is 1. The summed E-state index contributed by atoms with van der Waals surface area (Å²) in [6.07, 6.45) is 2.08. The number of nitrogens with one attached hydrogen (secondary N) is 1. The van der Waals surface area contributed by atoms with Gasteiger partial charge in [-0.3, -0.25) is 9.78 Å². The van der Waals surface area contributed by atoms with E-state index in [2.05, 4.69) is 10.3 Å². The van der Waals surface area contributed by atoms with E-state index in [9.17, 15) is 13.2 Å². The molecular weight excluding hydrogens is 290 g/mol. The van der Waals surface area contributed by atoms with Crippen LogP contribution in [-0.2, 0) is 9.84 Å². The van der Waals surface area contributed by atoms with Crippen molar-refractivity contribution in [3.63, 3.8) is 0 Å². The molecule has 1 aromatic rings. The van der Waals surface area contributed by atoms with Crippen molar-refractivity contribution in [3.05, 3.63) is 24.0 Å². The molecule has 7 heteroatoms. The molecular formula is C14H21N3O3S. The van der Waals surface area contributed by atoms with Crippen LogP contribution in [0.3, 0.4) is 0 Å². The number of rotatable bonds is 4. The largest absolute Gasteiger partial charge is 0.383 e. The van der Waals surface area contributed by atoms with Gasteiger partial charge in [-0.2, -0.15) is 0 Å². The monoisotopic (exact) mass is 311 g/mol. The Kier molecular flexibility index (Phi) is 4.51. The number of anilines is 1. The molecule has 116 valence electrons. The van der Waals surface area contributed by atoms with E-state index in [-0.39, 0.29) is 29.5 Å². The first-order chi connectivity index (χ1) is 9.78. The lowest BCUT2D eigenvalue weighted by Gasteiger charge is -2.23. The zero-order valence-corrected chi connectivity index (χ0v) is 13.4. The summed E-state index contributed by atoms with van der Waals surface area (Å²) >= 11 is 0. The number of hydrogen-bond acceptors (Lipinski definition) is 5. The predicted octanol–water partition coefficient (Wildman–Crippen LogP) is 1.16. The SMILES string of the molecule is CC(C)Nc1ccnc(C(=O)N(C)C2CCS(=O)(=O)C2)c1. The van der Waals surface area contributed by atoms with Crippen molar-refractivity contribution in [1.82, 2.24) is 9.88 Å². The Morgan fingerprint density at radius 3 is 2.76 bits per heavy atom. The van der Waals surface area contributed by atoms with Gasteiger partial charge in [0.25, 0.3) is 5.91 Å². The Hall–Kier alpha value is -1.63. The summed E-state index contributed by atoms with van der Waals surface area (Å²) in [5.74, 6) is -0.0545. The van der Waals surface area contributed by atoms with E-state index >= 15 is 0 Å². The van der Waals surface area contributed by atoms with Crippen LogP contribution in [0.25, 0.3) is 0 Å². The van der Waals surface area contributed by atoms with Gasteiger partial charge in [0.2, 0.25) is 0 Å². The van der Waals surface area contributed by atoms with Crippen molar-refractivity contribution in [1.29, 1.82) is 0 Å². The maximum absolute atomic E-state index is 12.4. The molecule has 1 fully saturated rings. The molecule has 0 spiro atoms. The van der Waals surface area contributed by atoms with Gasteiger partial charge in [-0.1, -0.05) is 0 Å². The summed E-state index contributed by atoms with van der Waals surface area (Å²) in [5.41, 5.74) is 1.16. The third kappa shape index (κ3) is 3.93. The van der Waals surface area contributed by atoms with Gasteiger partial charge in [0.05, 0.1) is 11.5 Å². The number of aromatic nitrogens is 1. The summed E-state index contributed by atoms with van der Waals surface area (Å²) < 4.78 is 23.0. The molecule has 1 aliphatic heterocycles. The first-order valence-electron chi connectivity index (χ1n) is 6.98. The van der Waals surface area contributed by atoms with Crippen molar-refractivity contribution >= 4 is 21.4 Å². The van der Waals surface area contributed by atoms with Crippen LogP contribution in [0.5, 0.6) is 0 Å². The number of amides is 1. The van der Waals surface area contributed by atoms with Crippen LogP contribution < -0.4 is 5.32 Å². The molecule has 0 saturated carbocycles. The second kappa shape index (κ2) is 6.01. The second-order valence-corrected chi connectivity index (χ2v) is 7.93. The molecule has 1 aromatic heterocycles. The smallest absolute Gasteiger partial charge is 0.272 e. The molecule has 1 N–H and O–H groups in total. The lowest BCUT2D eigenvalue weighted by Crippen LogP contribution is -2.38. The van der Waals surface area contributed by atoms with Gasteiger partial charge in [0, 0.05) is 31.0 Å². The average molecular weight is 311 g/mol. The van der Waals surface area contributed by atoms with Crippen LogP contribution in [-0.4, -0.2) is 54.8 Å². The van der Waals surface area contributed by atoms with E-state index < -0.39 is 9.84 Å². The fourth-order valence-electron chi connectivity index (χ4n) is 2.40. The molecule has 1 aliphatic rings. The number of sulfone groups is 1. The van der Waals surface area contributed by atoms with Crippen molar-refractivity contribution in [2.45, 2.75) is 32.4 Å². The number of carbonyl (C=O) groups is 1. The third-order valence-corrected chi connectivity index (χ3v) is 5.26. The van der Waals surface area contributed by atoms with Gasteiger partial charge < -0.3 is 10.2 Å². The van der Waals surface area contributed by atoms with Crippen LogP contribution in [0.1, 0.15) is 30.8 Å². The minimum Gasteiger partial charge on any atom is -0.383 e. The van der Waals surface area contributed by atoms with Gasteiger partial charge in [0.1, 0.15) is 5.69 Å². The van der Waals surface area contributed by atoms with Gasteiger partial charge in [-0.05, 0) is 32.4 Å². The molecule has 0 radical (unpaired) electrons. The zero-order chi connectivity index (χ0) is 15.6. The minimum absolute atomic E-state index is 0.0408. The van der Waals surface area contributed by atoms with E-state index in [1.54, 1.807) is 25.4 Å². The van der Waals surface area contributed by atoms with E-state index in [0.29, 0.717) is 12.1 Å². The molecule has 0 aromatic carbocycles. The number of carbonyl (C=O) groups excluding carboxylic acids is 1. The highest BCUT2D eigenvalue weighted by Crippen LogP contribution is 2.19. The molecule has 1 saturated heterocycles. The number of nitrogens with zero attached hydrogens (tertiary/aromatic N) is 2. The maximum Gasteiger partial charge on any atom is 0.272 e. The molecule has 0 aliphatic carbocycles. The van der Waals surface area contributed by atoms with Crippen molar-refractivity contribution in [2.24, 2.45) is 0 Å².